The SMILES string of the molecule is c1ccc(N2c3ccccc3B3c4cccc([Si](c5ccccc5)(c5ccccc5)c5ccccc5)c4N(c4cccc([Si](c5ccccc5)(c5ccccc5)c5ccccc5)c4)c4cc(-n5c6ccccc6c6ccccc65)cc2c43)cc1. The number of para-hydroxylation sites is 5. The minimum atomic E-state index is -3.27. The largest absolute Gasteiger partial charge is 0.311 e. The van der Waals surface area contributed by atoms with E-state index >= 15 is 0 Å². The van der Waals surface area contributed by atoms with Crippen molar-refractivity contribution < 1.29 is 0 Å². The van der Waals surface area contributed by atoms with Crippen LogP contribution in [0.5, 0.6) is 0 Å². The van der Waals surface area contributed by atoms with Crippen LogP contribution in [0.15, 0.2) is 340 Å². The van der Waals surface area contributed by atoms with Gasteiger partial charge in [0.15, 0.2) is 16.1 Å². The van der Waals surface area contributed by atoms with E-state index in [-0.39, 0.29) is 6.71 Å². The van der Waals surface area contributed by atoms with Gasteiger partial charge in [-0.25, -0.2) is 0 Å². The molecule has 0 N–H and O–H groups in total. The van der Waals surface area contributed by atoms with Crippen molar-refractivity contribution >= 4 is 137 Å². The number of benzene rings is 13. The molecule has 13 aromatic carbocycles. The van der Waals surface area contributed by atoms with Crippen molar-refractivity contribution in [2.45, 2.75) is 0 Å². The van der Waals surface area contributed by atoms with Gasteiger partial charge < -0.3 is 14.4 Å². The summed E-state index contributed by atoms with van der Waals surface area (Å²) in [5, 5.41) is 13.1. The Morgan fingerprint density at radius 2 is 0.631 bits per heavy atom. The van der Waals surface area contributed by atoms with Crippen LogP contribution in [-0.2, 0) is 0 Å². The average molecular weight is 1100 g/mol. The van der Waals surface area contributed by atoms with Crippen LogP contribution in [0, 0.1) is 0 Å². The maximum atomic E-state index is 2.73. The number of rotatable bonds is 11. The zero-order valence-corrected chi connectivity index (χ0v) is 48.3. The van der Waals surface area contributed by atoms with Crippen molar-refractivity contribution in [3.63, 3.8) is 0 Å². The first kappa shape index (κ1) is 49.6. The van der Waals surface area contributed by atoms with Crippen LogP contribution in [0.4, 0.5) is 34.1 Å². The molecular weight excluding hydrogens is 1050 g/mol. The van der Waals surface area contributed by atoms with Gasteiger partial charge >= 0.3 is 0 Å². The monoisotopic (exact) mass is 1100 g/mol. The van der Waals surface area contributed by atoms with Crippen molar-refractivity contribution in [3.8, 4) is 5.69 Å². The lowest BCUT2D eigenvalue weighted by Gasteiger charge is -2.47. The molecule has 14 aromatic rings. The summed E-state index contributed by atoms with van der Waals surface area (Å²) in [6, 6.07) is 129. The van der Waals surface area contributed by atoms with Crippen LogP contribution in [-0.4, -0.2) is 27.4 Å². The highest BCUT2D eigenvalue weighted by atomic mass is 28.3. The van der Waals surface area contributed by atoms with E-state index in [4.69, 9.17) is 0 Å². The molecule has 2 aliphatic heterocycles. The molecule has 0 aliphatic carbocycles. The smallest absolute Gasteiger partial charge is 0.252 e. The number of hydrogen-bond acceptors (Lipinski definition) is 2. The molecule has 394 valence electrons. The molecule has 16 rings (SSSR count). The molecule has 3 nitrogen and oxygen atoms in total. The predicted molar refractivity (Wildman–Crippen MR) is 362 cm³/mol. The van der Waals surface area contributed by atoms with E-state index in [2.05, 4.69) is 354 Å². The lowest BCUT2D eigenvalue weighted by Crippen LogP contribution is -2.76. The van der Waals surface area contributed by atoms with Crippen molar-refractivity contribution in [3.05, 3.63) is 340 Å². The molecule has 0 amide bonds. The van der Waals surface area contributed by atoms with Crippen molar-refractivity contribution in [1.82, 2.24) is 4.57 Å². The van der Waals surface area contributed by atoms with Crippen molar-refractivity contribution in [2.24, 2.45) is 0 Å². The fourth-order valence-electron chi connectivity index (χ4n) is 14.7. The Labute approximate surface area is 493 Å². The van der Waals surface area contributed by atoms with E-state index in [1.807, 2.05) is 0 Å². The third-order valence-corrected chi connectivity index (χ3v) is 27.6. The Kier molecular flexibility index (Phi) is 12.0. The van der Waals surface area contributed by atoms with E-state index in [0.717, 1.165) is 28.4 Å². The van der Waals surface area contributed by atoms with Gasteiger partial charge in [0.1, 0.15) is 0 Å². The Hall–Kier alpha value is -10.2. The quantitative estimate of drug-likeness (QED) is 0.0945. The Morgan fingerprint density at radius 1 is 0.250 bits per heavy atom. The molecule has 0 saturated heterocycles. The fourth-order valence-corrected chi connectivity index (χ4v) is 24.5. The zero-order valence-electron chi connectivity index (χ0n) is 46.3. The highest BCUT2D eigenvalue weighted by molar-refractivity contribution is 7.21. The molecule has 2 aliphatic rings. The van der Waals surface area contributed by atoms with Gasteiger partial charge in [-0.2, -0.15) is 0 Å². The molecule has 0 radical (unpaired) electrons. The molecule has 3 heterocycles. The average Bonchev–Trinajstić information content (AvgIpc) is 0.775. The zero-order chi connectivity index (χ0) is 55.6. The summed E-state index contributed by atoms with van der Waals surface area (Å²) in [6.07, 6.45) is 0. The van der Waals surface area contributed by atoms with Crippen molar-refractivity contribution in [2.75, 3.05) is 9.80 Å². The highest BCUT2D eigenvalue weighted by Crippen LogP contribution is 2.46. The van der Waals surface area contributed by atoms with Gasteiger partial charge in [-0.1, -0.05) is 285 Å². The molecule has 84 heavy (non-hydrogen) atoms. The van der Waals surface area contributed by atoms with Crippen molar-refractivity contribution in [1.29, 1.82) is 0 Å². The third-order valence-electron chi connectivity index (χ3n) is 18.0. The summed E-state index contributed by atoms with van der Waals surface area (Å²) in [6.45, 7) is -0.131. The molecule has 0 saturated carbocycles. The number of anilines is 6. The van der Waals surface area contributed by atoms with Crippen LogP contribution in [0.3, 0.4) is 0 Å². The van der Waals surface area contributed by atoms with Gasteiger partial charge in [0.2, 0.25) is 0 Å². The fraction of sp³-hybridized carbons (Fsp3) is 0. The second-order valence-electron chi connectivity index (χ2n) is 22.3. The maximum Gasteiger partial charge on any atom is 0.252 e. The van der Waals surface area contributed by atoms with Gasteiger partial charge in [-0.15, -0.1) is 0 Å². The molecule has 0 bridgehead atoms. The minimum Gasteiger partial charge on any atom is -0.311 e. The minimum absolute atomic E-state index is 0.131. The summed E-state index contributed by atoms with van der Waals surface area (Å²) >= 11 is 0. The van der Waals surface area contributed by atoms with Crippen LogP contribution < -0.4 is 67.7 Å². The highest BCUT2D eigenvalue weighted by Gasteiger charge is 2.50. The van der Waals surface area contributed by atoms with Gasteiger partial charge in [0.05, 0.1) is 16.7 Å². The third kappa shape index (κ3) is 7.51. The van der Waals surface area contributed by atoms with Crippen LogP contribution in [0.1, 0.15) is 0 Å². The van der Waals surface area contributed by atoms with Crippen LogP contribution >= 0.6 is 0 Å². The molecule has 1 aromatic heterocycles. The molecular formula is C78H56BN3Si2. The lowest BCUT2D eigenvalue weighted by atomic mass is 9.33. The van der Waals surface area contributed by atoms with E-state index in [1.165, 1.54) is 91.1 Å². The number of hydrogen-bond donors (Lipinski definition) is 0. The lowest BCUT2D eigenvalue weighted by molar-refractivity contribution is 1.16. The van der Waals surface area contributed by atoms with E-state index in [9.17, 15) is 0 Å². The summed E-state index contributed by atoms with van der Waals surface area (Å²) in [7, 11) is -6.32. The standard InChI is InChI=1S/C78H56BN3Si2/c1-8-30-57(31-9-1)80-73-52-27-24-48-69(73)79-70-49-29-53-76(84(63-39-16-5-17-40-63,64-41-18-6-19-42-64)65-43-20-7-21-44-65)78(70)82(75-56-59(55-74(80)77(75)79)81-71-50-25-22-46-67(71)68-47-23-26-51-72(68)81)58-32-28-45-66(54-58)83(60-33-10-2-11-34-60,61-35-12-3-13-36-61)62-37-14-4-15-38-62/h1-56H. The second-order valence-corrected chi connectivity index (χ2v) is 29.8. The molecule has 0 atom stereocenters. The van der Waals surface area contributed by atoms with Gasteiger partial charge in [0, 0.05) is 44.9 Å². The number of aromatic nitrogens is 1. The Bertz CT molecular complexity index is 4490. The van der Waals surface area contributed by atoms with Crippen LogP contribution in [0.2, 0.25) is 0 Å². The topological polar surface area (TPSA) is 11.4 Å². The van der Waals surface area contributed by atoms with Gasteiger partial charge in [-0.3, -0.25) is 0 Å². The van der Waals surface area contributed by atoms with E-state index < -0.39 is 16.1 Å². The second kappa shape index (κ2) is 20.3. The number of nitrogens with zero attached hydrogens (tertiary/aromatic N) is 3. The summed E-state index contributed by atoms with van der Waals surface area (Å²) in [5.74, 6) is 0. The first-order valence-electron chi connectivity index (χ1n) is 29.2. The Morgan fingerprint density at radius 3 is 1.14 bits per heavy atom. The van der Waals surface area contributed by atoms with Gasteiger partial charge in [-0.05, 0) is 112 Å². The summed E-state index contributed by atoms with van der Waals surface area (Å²) in [4.78, 5) is 5.27. The first-order chi connectivity index (χ1) is 41.7. The summed E-state index contributed by atoms with van der Waals surface area (Å²) < 4.78 is 2.52. The summed E-state index contributed by atoms with van der Waals surface area (Å²) in [5.41, 5.74) is 14.2. The predicted octanol–water partition coefficient (Wildman–Crippen LogP) is 11.6. The molecule has 0 spiro atoms. The van der Waals surface area contributed by atoms with Gasteiger partial charge in [0.25, 0.3) is 6.71 Å². The van der Waals surface area contributed by atoms with E-state index in [0.29, 0.717) is 0 Å². The normalized spacial score (nSPS) is 12.7. The molecule has 0 fully saturated rings. The maximum absolute atomic E-state index is 3.27. The first-order valence-corrected chi connectivity index (χ1v) is 33.2. The molecule has 6 heteroatoms. The molecule has 0 unspecified atom stereocenters. The number of fused-ring (bicyclic) bond motifs is 7. The Balaban J connectivity index is 1.10. The van der Waals surface area contributed by atoms with Crippen LogP contribution in [0.25, 0.3) is 27.5 Å². The van der Waals surface area contributed by atoms with E-state index in [1.54, 1.807) is 0 Å².